The summed E-state index contributed by atoms with van der Waals surface area (Å²) in [6.07, 6.45) is 1.44. The normalized spacial score (nSPS) is 8.89. The van der Waals surface area contributed by atoms with Gasteiger partial charge in [-0.1, -0.05) is 27.7 Å². The molecular weight excluding hydrogens is 242 g/mol. The van der Waals surface area contributed by atoms with Gasteiger partial charge in [-0.05, 0) is 13.0 Å². The summed E-state index contributed by atoms with van der Waals surface area (Å²) in [6.45, 7) is 9.77. The van der Waals surface area contributed by atoms with E-state index in [1.807, 2.05) is 27.7 Å². The fourth-order valence-electron chi connectivity index (χ4n) is 1.52. The summed E-state index contributed by atoms with van der Waals surface area (Å²) in [7, 11) is 0. The molecule has 2 aromatic heterocycles. The van der Waals surface area contributed by atoms with E-state index in [2.05, 4.69) is 9.97 Å². The number of nitrogens with two attached hydrogens (primary N) is 1. The van der Waals surface area contributed by atoms with Crippen molar-refractivity contribution >= 4 is 16.8 Å². The smallest absolute Gasteiger partial charge is 0.268 e. The second-order valence-electron chi connectivity index (χ2n) is 3.26. The average molecular weight is 263 g/mol. The lowest BCUT2D eigenvalue weighted by atomic mass is 10.1. The van der Waals surface area contributed by atoms with E-state index in [4.69, 9.17) is 5.73 Å². The molecule has 2 aromatic rings. The molecule has 0 aliphatic heterocycles. The summed E-state index contributed by atoms with van der Waals surface area (Å²) in [5.74, 6) is -0.699. The van der Waals surface area contributed by atoms with E-state index in [1.54, 1.807) is 13.0 Å². The van der Waals surface area contributed by atoms with E-state index in [0.29, 0.717) is 5.52 Å². The van der Waals surface area contributed by atoms with Crippen LogP contribution in [0.5, 0.6) is 0 Å². The quantitative estimate of drug-likeness (QED) is 0.827. The Bertz CT molecular complexity index is 603. The van der Waals surface area contributed by atoms with Crippen molar-refractivity contribution < 1.29 is 4.79 Å². The fourth-order valence-corrected chi connectivity index (χ4v) is 1.52. The van der Waals surface area contributed by atoms with E-state index < -0.39 is 5.91 Å². The number of rotatable bonds is 1. The number of pyridine rings is 2. The SMILES string of the molecule is CC.CC.Cc1cc(=O)c2c(C(N)=O)nccc2[nH]1. The Hall–Kier alpha value is -2.17. The highest BCUT2D eigenvalue weighted by Gasteiger charge is 2.11. The highest BCUT2D eigenvalue weighted by atomic mass is 16.1. The van der Waals surface area contributed by atoms with E-state index in [0.717, 1.165) is 5.69 Å². The van der Waals surface area contributed by atoms with Crippen molar-refractivity contribution in [3.8, 4) is 0 Å². The molecule has 0 saturated heterocycles. The van der Waals surface area contributed by atoms with Gasteiger partial charge in [0.2, 0.25) is 0 Å². The summed E-state index contributed by atoms with van der Waals surface area (Å²) in [5.41, 5.74) is 6.20. The fraction of sp³-hybridized carbons (Fsp3) is 0.357. The number of aromatic nitrogens is 2. The van der Waals surface area contributed by atoms with Crippen LogP contribution in [0.15, 0.2) is 23.1 Å². The maximum absolute atomic E-state index is 11.7. The summed E-state index contributed by atoms with van der Waals surface area (Å²) >= 11 is 0. The molecule has 0 saturated carbocycles. The zero-order chi connectivity index (χ0) is 15.0. The monoisotopic (exact) mass is 263 g/mol. The number of nitrogens with one attached hydrogen (secondary N) is 1. The van der Waals surface area contributed by atoms with Crippen LogP contribution in [0.3, 0.4) is 0 Å². The van der Waals surface area contributed by atoms with Gasteiger partial charge < -0.3 is 10.7 Å². The van der Waals surface area contributed by atoms with Gasteiger partial charge in [-0.15, -0.1) is 0 Å². The molecule has 2 rings (SSSR count). The van der Waals surface area contributed by atoms with Gasteiger partial charge in [0.1, 0.15) is 5.69 Å². The van der Waals surface area contributed by atoms with Crippen LogP contribution < -0.4 is 11.2 Å². The minimum Gasteiger partial charge on any atom is -0.364 e. The van der Waals surface area contributed by atoms with Gasteiger partial charge in [-0.25, -0.2) is 0 Å². The number of nitrogens with zero attached hydrogens (tertiary/aromatic N) is 1. The Morgan fingerprint density at radius 1 is 1.26 bits per heavy atom. The Labute approximate surface area is 112 Å². The van der Waals surface area contributed by atoms with Crippen molar-refractivity contribution in [3.63, 3.8) is 0 Å². The molecule has 0 unspecified atom stereocenters. The molecule has 0 spiro atoms. The molecular formula is C14H21N3O2. The summed E-state index contributed by atoms with van der Waals surface area (Å²) in [5, 5.41) is 0.246. The van der Waals surface area contributed by atoms with E-state index in [1.165, 1.54) is 12.3 Å². The van der Waals surface area contributed by atoms with Gasteiger partial charge in [-0.2, -0.15) is 0 Å². The van der Waals surface area contributed by atoms with E-state index in [-0.39, 0.29) is 16.5 Å². The number of hydrogen-bond acceptors (Lipinski definition) is 3. The van der Waals surface area contributed by atoms with E-state index >= 15 is 0 Å². The first-order valence-corrected chi connectivity index (χ1v) is 6.38. The first-order valence-electron chi connectivity index (χ1n) is 6.38. The predicted octanol–water partition coefficient (Wildman–Crippen LogP) is 2.38. The zero-order valence-corrected chi connectivity index (χ0v) is 12.1. The topological polar surface area (TPSA) is 88.8 Å². The first kappa shape index (κ1) is 16.8. The second kappa shape index (κ2) is 8.02. The van der Waals surface area contributed by atoms with Crippen LogP contribution in [0, 0.1) is 6.92 Å². The number of carbonyl (C=O) groups excluding carboxylic acids is 1. The Kier molecular flexibility index (Phi) is 7.11. The summed E-state index contributed by atoms with van der Waals surface area (Å²) in [4.78, 5) is 29.5. The maximum Gasteiger partial charge on any atom is 0.268 e. The summed E-state index contributed by atoms with van der Waals surface area (Å²) in [6, 6.07) is 3.05. The van der Waals surface area contributed by atoms with Crippen LogP contribution in [-0.2, 0) is 0 Å². The average Bonchev–Trinajstić information content (AvgIpc) is 2.42. The lowest BCUT2D eigenvalue weighted by molar-refractivity contribution is 0.0997. The van der Waals surface area contributed by atoms with Crippen molar-refractivity contribution in [2.24, 2.45) is 5.73 Å². The van der Waals surface area contributed by atoms with Gasteiger partial charge in [0.05, 0.1) is 10.9 Å². The molecule has 0 bridgehead atoms. The maximum atomic E-state index is 11.7. The first-order chi connectivity index (χ1) is 9.09. The molecule has 1 amide bonds. The van der Waals surface area contributed by atoms with Crippen LogP contribution >= 0.6 is 0 Å². The largest absolute Gasteiger partial charge is 0.364 e. The number of aromatic amines is 1. The van der Waals surface area contributed by atoms with Crippen LogP contribution in [0.25, 0.3) is 10.9 Å². The zero-order valence-electron chi connectivity index (χ0n) is 12.1. The number of primary amides is 1. The minimum absolute atomic E-state index is 0.00810. The van der Waals surface area contributed by atoms with Crippen LogP contribution in [0.1, 0.15) is 43.9 Å². The van der Waals surface area contributed by atoms with Crippen molar-refractivity contribution in [1.29, 1.82) is 0 Å². The van der Waals surface area contributed by atoms with Crippen molar-refractivity contribution in [3.05, 3.63) is 39.9 Å². The third kappa shape index (κ3) is 3.91. The van der Waals surface area contributed by atoms with Crippen molar-refractivity contribution in [1.82, 2.24) is 9.97 Å². The van der Waals surface area contributed by atoms with Crippen molar-refractivity contribution in [2.75, 3.05) is 0 Å². The number of aryl methyl sites for hydroxylation is 1. The lowest BCUT2D eigenvalue weighted by Crippen LogP contribution is -2.17. The molecule has 3 N–H and O–H groups in total. The molecule has 19 heavy (non-hydrogen) atoms. The predicted molar refractivity (Wildman–Crippen MR) is 78.3 cm³/mol. The van der Waals surface area contributed by atoms with Crippen LogP contribution in [0.4, 0.5) is 0 Å². The molecule has 0 atom stereocenters. The Balaban J connectivity index is 0.000000741. The molecule has 0 fully saturated rings. The van der Waals surface area contributed by atoms with Gasteiger partial charge in [0, 0.05) is 18.0 Å². The molecule has 0 radical (unpaired) electrons. The number of fused-ring (bicyclic) bond motifs is 1. The molecule has 0 aromatic carbocycles. The van der Waals surface area contributed by atoms with Gasteiger partial charge in [0.15, 0.2) is 5.43 Å². The molecule has 104 valence electrons. The lowest BCUT2D eigenvalue weighted by Gasteiger charge is -2.02. The minimum atomic E-state index is -0.699. The number of hydrogen-bond donors (Lipinski definition) is 2. The Morgan fingerprint density at radius 3 is 2.37 bits per heavy atom. The van der Waals surface area contributed by atoms with Gasteiger partial charge in [-0.3, -0.25) is 14.6 Å². The number of carbonyl (C=O) groups is 1. The summed E-state index contributed by atoms with van der Waals surface area (Å²) < 4.78 is 0. The highest BCUT2D eigenvalue weighted by molar-refractivity contribution is 6.03. The standard InChI is InChI=1S/C10H9N3O2.2C2H6/c1-5-4-7(14)8-6(13-5)2-3-12-9(8)10(11)15;2*1-2/h2-4H,1H3,(H2,11,15)(H,13,14);2*1-2H3. The van der Waals surface area contributed by atoms with Gasteiger partial charge >= 0.3 is 0 Å². The molecule has 5 heteroatoms. The Morgan fingerprint density at radius 2 is 1.84 bits per heavy atom. The molecule has 5 nitrogen and oxygen atoms in total. The highest BCUT2D eigenvalue weighted by Crippen LogP contribution is 2.10. The van der Waals surface area contributed by atoms with Gasteiger partial charge in [0.25, 0.3) is 5.91 Å². The van der Waals surface area contributed by atoms with E-state index in [9.17, 15) is 9.59 Å². The third-order valence-electron chi connectivity index (χ3n) is 2.11. The third-order valence-corrected chi connectivity index (χ3v) is 2.11. The van der Waals surface area contributed by atoms with Crippen LogP contribution in [-0.4, -0.2) is 15.9 Å². The second-order valence-corrected chi connectivity index (χ2v) is 3.26. The number of amides is 1. The molecule has 0 aliphatic carbocycles. The number of H-pyrrole nitrogens is 1. The molecule has 0 aliphatic rings. The molecule has 2 heterocycles. The van der Waals surface area contributed by atoms with Crippen LogP contribution in [0.2, 0.25) is 0 Å². The van der Waals surface area contributed by atoms with Crippen molar-refractivity contribution in [2.45, 2.75) is 34.6 Å².